The van der Waals surface area contributed by atoms with Crippen LogP contribution in [0.15, 0.2) is 0 Å². The van der Waals surface area contributed by atoms with Crippen molar-refractivity contribution in [1.82, 2.24) is 10.6 Å². The minimum atomic E-state index is -0.355. The average molecular weight is 228 g/mol. The van der Waals surface area contributed by atoms with Crippen molar-refractivity contribution >= 4 is 5.91 Å². The minimum Gasteiger partial charge on any atom is -0.393 e. The van der Waals surface area contributed by atoms with Gasteiger partial charge in [0.1, 0.15) is 0 Å². The molecule has 3 unspecified atom stereocenters. The van der Waals surface area contributed by atoms with Gasteiger partial charge in [0.2, 0.25) is 5.91 Å². The Bertz CT molecular complexity index is 213. The Morgan fingerprint density at radius 1 is 1.56 bits per heavy atom. The van der Waals surface area contributed by atoms with E-state index in [-0.39, 0.29) is 18.1 Å². The van der Waals surface area contributed by atoms with Gasteiger partial charge in [0.15, 0.2) is 0 Å². The molecule has 0 aliphatic carbocycles. The molecule has 1 aliphatic heterocycles. The van der Waals surface area contributed by atoms with Crippen molar-refractivity contribution in [3.05, 3.63) is 0 Å². The molecular formula is C12H24N2O2. The van der Waals surface area contributed by atoms with Gasteiger partial charge in [0.25, 0.3) is 0 Å². The Morgan fingerprint density at radius 3 is 2.88 bits per heavy atom. The quantitative estimate of drug-likeness (QED) is 0.647. The van der Waals surface area contributed by atoms with Gasteiger partial charge < -0.3 is 15.7 Å². The van der Waals surface area contributed by atoms with Crippen LogP contribution in [-0.2, 0) is 4.79 Å². The van der Waals surface area contributed by atoms with E-state index in [0.29, 0.717) is 18.8 Å². The first kappa shape index (κ1) is 13.5. The lowest BCUT2D eigenvalue weighted by atomic mass is 9.96. The summed E-state index contributed by atoms with van der Waals surface area (Å²) in [5.74, 6) is 0.592. The van der Waals surface area contributed by atoms with Gasteiger partial charge in [-0.15, -0.1) is 0 Å². The minimum absolute atomic E-state index is 0.0593. The highest BCUT2D eigenvalue weighted by molar-refractivity contribution is 5.76. The van der Waals surface area contributed by atoms with E-state index < -0.39 is 0 Å². The van der Waals surface area contributed by atoms with E-state index in [1.807, 2.05) is 6.92 Å². The summed E-state index contributed by atoms with van der Waals surface area (Å²) in [6.07, 6.45) is 3.18. The van der Waals surface area contributed by atoms with Crippen LogP contribution in [0.3, 0.4) is 0 Å². The molecule has 0 radical (unpaired) electrons. The number of aliphatic hydroxyl groups excluding tert-OH is 1. The second-order valence-electron chi connectivity index (χ2n) is 4.97. The zero-order valence-electron chi connectivity index (χ0n) is 10.3. The van der Waals surface area contributed by atoms with E-state index in [4.69, 9.17) is 0 Å². The van der Waals surface area contributed by atoms with E-state index >= 15 is 0 Å². The van der Waals surface area contributed by atoms with Crippen LogP contribution < -0.4 is 10.6 Å². The van der Waals surface area contributed by atoms with E-state index in [1.54, 1.807) is 6.92 Å². The Labute approximate surface area is 97.8 Å². The van der Waals surface area contributed by atoms with E-state index in [0.717, 1.165) is 19.5 Å². The van der Waals surface area contributed by atoms with Crippen molar-refractivity contribution < 1.29 is 9.90 Å². The fourth-order valence-corrected chi connectivity index (χ4v) is 2.26. The molecule has 0 spiro atoms. The molecule has 4 nitrogen and oxygen atoms in total. The lowest BCUT2D eigenvalue weighted by molar-refractivity contribution is -0.122. The maximum absolute atomic E-state index is 11.7. The largest absolute Gasteiger partial charge is 0.393 e. The van der Waals surface area contributed by atoms with Gasteiger partial charge in [-0.25, -0.2) is 0 Å². The smallest absolute Gasteiger partial charge is 0.220 e. The SMILES string of the molecule is CC(O)CC(C)NC(=O)CC1CCCNC1. The summed E-state index contributed by atoms with van der Waals surface area (Å²) in [7, 11) is 0. The fourth-order valence-electron chi connectivity index (χ4n) is 2.26. The van der Waals surface area contributed by atoms with Gasteiger partial charge >= 0.3 is 0 Å². The highest BCUT2D eigenvalue weighted by atomic mass is 16.3. The summed E-state index contributed by atoms with van der Waals surface area (Å²) in [6, 6.07) is 0.0593. The summed E-state index contributed by atoms with van der Waals surface area (Å²) in [4.78, 5) is 11.7. The molecule has 1 rings (SSSR count). The molecule has 1 amide bonds. The number of nitrogens with one attached hydrogen (secondary N) is 2. The van der Waals surface area contributed by atoms with Crippen LogP contribution in [0.1, 0.15) is 39.5 Å². The molecule has 0 aromatic carbocycles. The Balaban J connectivity index is 2.18. The number of piperidine rings is 1. The molecule has 0 aromatic rings. The molecule has 1 heterocycles. The third kappa shape index (κ3) is 5.47. The van der Waals surface area contributed by atoms with Crippen molar-refractivity contribution in [3.63, 3.8) is 0 Å². The van der Waals surface area contributed by atoms with Crippen molar-refractivity contribution in [2.24, 2.45) is 5.92 Å². The number of carbonyl (C=O) groups is 1. The summed E-state index contributed by atoms with van der Waals surface area (Å²) >= 11 is 0. The van der Waals surface area contributed by atoms with Crippen LogP contribution >= 0.6 is 0 Å². The second kappa shape index (κ2) is 6.86. The number of rotatable bonds is 5. The predicted octanol–water partition coefficient (Wildman–Crippen LogP) is 0.652. The third-order valence-corrected chi connectivity index (χ3v) is 2.98. The fraction of sp³-hybridized carbons (Fsp3) is 0.917. The van der Waals surface area contributed by atoms with Gasteiger partial charge in [-0.2, -0.15) is 0 Å². The first-order valence-electron chi connectivity index (χ1n) is 6.26. The van der Waals surface area contributed by atoms with Crippen LogP contribution in [-0.4, -0.2) is 36.2 Å². The number of hydrogen-bond acceptors (Lipinski definition) is 3. The highest BCUT2D eigenvalue weighted by Gasteiger charge is 2.18. The molecular weight excluding hydrogens is 204 g/mol. The number of hydrogen-bond donors (Lipinski definition) is 3. The first-order chi connectivity index (χ1) is 7.58. The zero-order chi connectivity index (χ0) is 12.0. The topological polar surface area (TPSA) is 61.4 Å². The summed E-state index contributed by atoms with van der Waals surface area (Å²) in [6.45, 7) is 5.71. The van der Waals surface area contributed by atoms with Gasteiger partial charge in [-0.05, 0) is 52.1 Å². The molecule has 0 saturated carbocycles. The molecule has 0 bridgehead atoms. The molecule has 16 heavy (non-hydrogen) atoms. The molecule has 1 saturated heterocycles. The van der Waals surface area contributed by atoms with E-state index in [2.05, 4.69) is 10.6 Å². The maximum Gasteiger partial charge on any atom is 0.220 e. The average Bonchev–Trinajstić information content (AvgIpc) is 2.17. The second-order valence-corrected chi connectivity index (χ2v) is 4.97. The molecule has 0 aromatic heterocycles. The summed E-state index contributed by atoms with van der Waals surface area (Å²) in [5, 5.41) is 15.4. The monoisotopic (exact) mass is 228 g/mol. The van der Waals surface area contributed by atoms with Crippen molar-refractivity contribution in [1.29, 1.82) is 0 Å². The van der Waals surface area contributed by atoms with Crippen LogP contribution in [0.25, 0.3) is 0 Å². The first-order valence-corrected chi connectivity index (χ1v) is 6.26. The molecule has 3 N–H and O–H groups in total. The van der Waals surface area contributed by atoms with Gasteiger partial charge in [0.05, 0.1) is 6.10 Å². The molecule has 1 fully saturated rings. The van der Waals surface area contributed by atoms with Crippen LogP contribution in [0.5, 0.6) is 0 Å². The van der Waals surface area contributed by atoms with E-state index in [9.17, 15) is 9.90 Å². The Hall–Kier alpha value is -0.610. The molecule has 94 valence electrons. The molecule has 4 heteroatoms. The Kier molecular flexibility index (Phi) is 5.77. The Morgan fingerprint density at radius 2 is 2.31 bits per heavy atom. The van der Waals surface area contributed by atoms with Crippen molar-refractivity contribution in [3.8, 4) is 0 Å². The third-order valence-electron chi connectivity index (χ3n) is 2.98. The zero-order valence-corrected chi connectivity index (χ0v) is 10.3. The van der Waals surface area contributed by atoms with Gasteiger partial charge in [0, 0.05) is 12.5 Å². The van der Waals surface area contributed by atoms with Crippen LogP contribution in [0, 0.1) is 5.92 Å². The van der Waals surface area contributed by atoms with Gasteiger partial charge in [-0.3, -0.25) is 4.79 Å². The van der Waals surface area contributed by atoms with Gasteiger partial charge in [-0.1, -0.05) is 0 Å². The standard InChI is InChI=1S/C12H24N2O2/c1-9(6-10(2)15)14-12(16)7-11-4-3-5-13-8-11/h9-11,13,15H,3-8H2,1-2H3,(H,14,16). The summed E-state index contributed by atoms with van der Waals surface area (Å²) in [5.41, 5.74) is 0. The van der Waals surface area contributed by atoms with Crippen LogP contribution in [0.4, 0.5) is 0 Å². The lowest BCUT2D eigenvalue weighted by Gasteiger charge is -2.23. The maximum atomic E-state index is 11.7. The highest BCUT2D eigenvalue weighted by Crippen LogP contribution is 2.13. The summed E-state index contributed by atoms with van der Waals surface area (Å²) < 4.78 is 0. The number of amides is 1. The lowest BCUT2D eigenvalue weighted by Crippen LogP contribution is -2.38. The number of aliphatic hydroxyl groups is 1. The predicted molar refractivity (Wildman–Crippen MR) is 64.1 cm³/mol. The molecule has 3 atom stereocenters. The molecule has 1 aliphatic rings. The number of carbonyl (C=O) groups excluding carboxylic acids is 1. The van der Waals surface area contributed by atoms with E-state index in [1.165, 1.54) is 6.42 Å². The van der Waals surface area contributed by atoms with Crippen molar-refractivity contribution in [2.45, 2.75) is 51.7 Å². The van der Waals surface area contributed by atoms with Crippen molar-refractivity contribution in [2.75, 3.05) is 13.1 Å². The van der Waals surface area contributed by atoms with Crippen LogP contribution in [0.2, 0.25) is 0 Å². The normalized spacial score (nSPS) is 24.8.